The average molecular weight is 535 g/mol. The van der Waals surface area contributed by atoms with Gasteiger partial charge in [0.15, 0.2) is 5.82 Å². The highest BCUT2D eigenvalue weighted by molar-refractivity contribution is 7.89. The van der Waals surface area contributed by atoms with Crippen LogP contribution in [0.15, 0.2) is 46.2 Å². The molecule has 37 heavy (non-hydrogen) atoms. The number of aromatic nitrogens is 1. The first-order valence-corrected chi connectivity index (χ1v) is 12.8. The van der Waals surface area contributed by atoms with Gasteiger partial charge in [0.1, 0.15) is 17.1 Å². The standard InChI is InChI=1S/C24H24F2N4O6S/c1-3-29-12-18(24(33)34)23(32)17-10-19(25)22(20(26)21(17)29)30-9-8-15(11-30)28-37(35,36)16-6-4-14(5-7-16)27-13(2)31/h4-7,10,12,15,28H,3,8-9,11H2,1-2H3,(H,27,31)(H,33,34). The van der Waals surface area contributed by atoms with E-state index in [2.05, 4.69) is 10.0 Å². The number of hydrogen-bond acceptors (Lipinski definition) is 6. The van der Waals surface area contributed by atoms with E-state index in [1.165, 1.54) is 40.7 Å². The fourth-order valence-corrected chi connectivity index (χ4v) is 5.70. The number of fused-ring (bicyclic) bond motifs is 1. The summed E-state index contributed by atoms with van der Waals surface area (Å²) in [5, 5.41) is 11.4. The van der Waals surface area contributed by atoms with Crippen LogP contribution in [0.2, 0.25) is 0 Å². The van der Waals surface area contributed by atoms with E-state index in [9.17, 15) is 27.9 Å². The molecule has 13 heteroatoms. The highest BCUT2D eigenvalue weighted by atomic mass is 32.2. The number of carboxylic acids is 1. The Hall–Kier alpha value is -3.84. The number of nitrogens with zero attached hydrogens (tertiary/aromatic N) is 2. The lowest BCUT2D eigenvalue weighted by atomic mass is 10.1. The zero-order chi connectivity index (χ0) is 27.1. The van der Waals surface area contributed by atoms with Gasteiger partial charge in [-0.2, -0.15) is 0 Å². The molecule has 0 spiro atoms. The van der Waals surface area contributed by atoms with Gasteiger partial charge in [-0.15, -0.1) is 0 Å². The van der Waals surface area contributed by atoms with Crippen LogP contribution in [0.5, 0.6) is 0 Å². The molecule has 1 saturated heterocycles. The number of halogens is 2. The van der Waals surface area contributed by atoms with Gasteiger partial charge in [-0.05, 0) is 43.7 Å². The van der Waals surface area contributed by atoms with Gasteiger partial charge in [0.25, 0.3) is 0 Å². The first-order chi connectivity index (χ1) is 17.4. The largest absolute Gasteiger partial charge is 0.477 e. The van der Waals surface area contributed by atoms with Crippen molar-refractivity contribution in [3.63, 3.8) is 0 Å². The Bertz CT molecular complexity index is 1570. The van der Waals surface area contributed by atoms with Crippen molar-refractivity contribution in [3.05, 3.63) is 63.9 Å². The Morgan fingerprint density at radius 3 is 2.46 bits per heavy atom. The second-order valence-corrected chi connectivity index (χ2v) is 10.4. The number of nitrogens with one attached hydrogen (secondary N) is 2. The second kappa shape index (κ2) is 9.90. The number of hydrogen-bond donors (Lipinski definition) is 3. The van der Waals surface area contributed by atoms with Crippen LogP contribution in [0.4, 0.5) is 20.2 Å². The zero-order valence-corrected chi connectivity index (χ0v) is 20.7. The maximum Gasteiger partial charge on any atom is 0.341 e. The molecule has 1 aromatic heterocycles. The first kappa shape index (κ1) is 26.2. The van der Waals surface area contributed by atoms with Crippen LogP contribution < -0.4 is 20.4 Å². The molecule has 1 unspecified atom stereocenters. The fraction of sp³-hybridized carbons (Fsp3) is 0.292. The van der Waals surface area contributed by atoms with Gasteiger partial charge in [-0.25, -0.2) is 26.7 Å². The lowest BCUT2D eigenvalue weighted by Gasteiger charge is -2.22. The topological polar surface area (TPSA) is 138 Å². The summed E-state index contributed by atoms with van der Waals surface area (Å²) >= 11 is 0. The fourth-order valence-electron chi connectivity index (χ4n) is 4.44. The molecule has 4 rings (SSSR count). The minimum Gasteiger partial charge on any atom is -0.477 e. The van der Waals surface area contributed by atoms with E-state index in [0.717, 1.165) is 12.3 Å². The van der Waals surface area contributed by atoms with Crippen molar-refractivity contribution in [2.24, 2.45) is 0 Å². The minimum absolute atomic E-state index is 0.0356. The Kier molecular flexibility index (Phi) is 7.02. The van der Waals surface area contributed by atoms with E-state index in [0.29, 0.717) is 5.69 Å². The van der Waals surface area contributed by atoms with Gasteiger partial charge in [-0.3, -0.25) is 9.59 Å². The number of carbonyl (C=O) groups excluding carboxylic acids is 1. The van der Waals surface area contributed by atoms with Crippen molar-refractivity contribution >= 4 is 44.2 Å². The number of carbonyl (C=O) groups is 2. The van der Waals surface area contributed by atoms with Gasteiger partial charge < -0.3 is 19.9 Å². The van der Waals surface area contributed by atoms with Crippen LogP contribution in [0, 0.1) is 11.6 Å². The third-order valence-corrected chi connectivity index (χ3v) is 7.65. The molecule has 1 fully saturated rings. The molecule has 196 valence electrons. The number of sulfonamides is 1. The molecular formula is C24H24F2N4O6S. The summed E-state index contributed by atoms with van der Waals surface area (Å²) in [5.41, 5.74) is -1.80. The van der Waals surface area contributed by atoms with Crippen LogP contribution in [0.25, 0.3) is 10.9 Å². The number of rotatable bonds is 7. The molecular weight excluding hydrogens is 510 g/mol. The van der Waals surface area contributed by atoms with Crippen molar-refractivity contribution in [2.45, 2.75) is 37.8 Å². The van der Waals surface area contributed by atoms with Crippen molar-refractivity contribution in [1.82, 2.24) is 9.29 Å². The Balaban J connectivity index is 1.61. The monoisotopic (exact) mass is 534 g/mol. The average Bonchev–Trinajstić information content (AvgIpc) is 3.26. The second-order valence-electron chi connectivity index (χ2n) is 8.64. The summed E-state index contributed by atoms with van der Waals surface area (Å²) in [4.78, 5) is 36.4. The molecule has 1 aliphatic heterocycles. The van der Waals surface area contributed by atoms with E-state index in [1.54, 1.807) is 6.92 Å². The lowest BCUT2D eigenvalue weighted by molar-refractivity contribution is -0.114. The van der Waals surface area contributed by atoms with Crippen molar-refractivity contribution < 1.29 is 31.9 Å². The van der Waals surface area contributed by atoms with E-state index in [4.69, 9.17) is 0 Å². The van der Waals surface area contributed by atoms with Crippen LogP contribution in [-0.2, 0) is 21.4 Å². The van der Waals surface area contributed by atoms with Gasteiger partial charge in [0.2, 0.25) is 21.4 Å². The number of benzene rings is 2. The molecule has 2 aromatic carbocycles. The molecule has 0 aliphatic carbocycles. The molecule has 0 saturated carbocycles. The Morgan fingerprint density at radius 1 is 1.19 bits per heavy atom. The van der Waals surface area contributed by atoms with Crippen LogP contribution >= 0.6 is 0 Å². The van der Waals surface area contributed by atoms with Gasteiger partial charge in [0, 0.05) is 44.5 Å². The first-order valence-electron chi connectivity index (χ1n) is 11.4. The summed E-state index contributed by atoms with van der Waals surface area (Å²) in [6, 6.07) is 5.72. The van der Waals surface area contributed by atoms with Crippen molar-refractivity contribution in [3.8, 4) is 0 Å². The summed E-state index contributed by atoms with van der Waals surface area (Å²) in [5.74, 6) is -3.88. The summed E-state index contributed by atoms with van der Waals surface area (Å²) in [6.07, 6.45) is 1.29. The molecule has 1 amide bonds. The van der Waals surface area contributed by atoms with Crippen molar-refractivity contribution in [1.29, 1.82) is 0 Å². The van der Waals surface area contributed by atoms with Crippen molar-refractivity contribution in [2.75, 3.05) is 23.3 Å². The number of anilines is 2. The van der Waals surface area contributed by atoms with Crippen LogP contribution in [0.3, 0.4) is 0 Å². The molecule has 0 radical (unpaired) electrons. The lowest BCUT2D eigenvalue weighted by Crippen LogP contribution is -2.37. The Labute approximate surface area is 210 Å². The van der Waals surface area contributed by atoms with Crippen LogP contribution in [0.1, 0.15) is 30.6 Å². The quantitative estimate of drug-likeness (QED) is 0.424. The summed E-state index contributed by atoms with van der Waals surface area (Å²) in [7, 11) is -3.96. The molecule has 3 N–H and O–H groups in total. The molecule has 1 atom stereocenters. The highest BCUT2D eigenvalue weighted by Gasteiger charge is 2.32. The highest BCUT2D eigenvalue weighted by Crippen LogP contribution is 2.32. The summed E-state index contributed by atoms with van der Waals surface area (Å²) < 4.78 is 60.2. The van der Waals surface area contributed by atoms with E-state index < -0.39 is 50.3 Å². The SMILES string of the molecule is CCn1cc(C(=O)O)c(=O)c2cc(F)c(N3CCC(NS(=O)(=O)c4ccc(NC(C)=O)cc4)C3)c(F)c21. The molecule has 1 aliphatic rings. The predicted octanol–water partition coefficient (Wildman–Crippen LogP) is 2.51. The van der Waals surface area contributed by atoms with E-state index in [1.807, 2.05) is 0 Å². The normalized spacial score (nSPS) is 15.8. The van der Waals surface area contributed by atoms with E-state index in [-0.39, 0.29) is 47.8 Å². The number of pyridine rings is 1. The van der Waals surface area contributed by atoms with E-state index >= 15 is 8.78 Å². The Morgan fingerprint density at radius 2 is 1.86 bits per heavy atom. The predicted molar refractivity (Wildman–Crippen MR) is 132 cm³/mol. The zero-order valence-electron chi connectivity index (χ0n) is 19.9. The molecule has 0 bridgehead atoms. The number of aryl methyl sites for hydroxylation is 1. The number of carboxylic acid groups (broad SMARTS) is 1. The molecule has 10 nitrogen and oxygen atoms in total. The van der Waals surface area contributed by atoms with Gasteiger partial charge in [-0.1, -0.05) is 0 Å². The molecule has 2 heterocycles. The molecule has 3 aromatic rings. The van der Waals surface area contributed by atoms with Gasteiger partial charge in [0.05, 0.1) is 15.8 Å². The number of aromatic carboxylic acids is 1. The maximum absolute atomic E-state index is 15.6. The third kappa shape index (κ3) is 5.04. The van der Waals surface area contributed by atoms with Gasteiger partial charge >= 0.3 is 5.97 Å². The smallest absolute Gasteiger partial charge is 0.341 e. The third-order valence-electron chi connectivity index (χ3n) is 6.11. The summed E-state index contributed by atoms with van der Waals surface area (Å²) in [6.45, 7) is 3.18. The van der Waals surface area contributed by atoms with Crippen LogP contribution in [-0.4, -0.2) is 49.1 Å². The maximum atomic E-state index is 15.6. The minimum atomic E-state index is -3.96. The number of amides is 1.